The minimum Gasteiger partial charge on any atom is -0.435 e. The van der Waals surface area contributed by atoms with E-state index in [-0.39, 0.29) is 17.9 Å². The van der Waals surface area contributed by atoms with E-state index in [4.69, 9.17) is 6.57 Å². The SMILES string of the molecule is [C-]#[N+]Cc1ccc(OC(F)F)cc1F. The molecule has 0 N–H and O–H groups in total. The van der Waals surface area contributed by atoms with Crippen LogP contribution in [0.5, 0.6) is 5.75 Å². The molecule has 0 fully saturated rings. The largest absolute Gasteiger partial charge is 0.435 e. The van der Waals surface area contributed by atoms with E-state index < -0.39 is 12.4 Å². The molecule has 14 heavy (non-hydrogen) atoms. The second-order valence-corrected chi connectivity index (χ2v) is 2.45. The van der Waals surface area contributed by atoms with Crippen molar-refractivity contribution < 1.29 is 17.9 Å². The quantitative estimate of drug-likeness (QED) is 0.685. The van der Waals surface area contributed by atoms with Crippen LogP contribution in [0.1, 0.15) is 5.56 Å². The van der Waals surface area contributed by atoms with E-state index in [1.165, 1.54) is 12.1 Å². The van der Waals surface area contributed by atoms with Crippen molar-refractivity contribution in [2.75, 3.05) is 0 Å². The Kier molecular flexibility index (Phi) is 3.35. The van der Waals surface area contributed by atoms with Crippen LogP contribution in [-0.4, -0.2) is 6.61 Å². The zero-order chi connectivity index (χ0) is 10.6. The Morgan fingerprint density at radius 3 is 2.64 bits per heavy atom. The fourth-order valence-corrected chi connectivity index (χ4v) is 0.918. The Labute approximate surface area is 78.7 Å². The Bertz CT molecular complexity index is 360. The molecule has 0 unspecified atom stereocenters. The average Bonchev–Trinajstić information content (AvgIpc) is 2.09. The van der Waals surface area contributed by atoms with Gasteiger partial charge < -0.3 is 9.58 Å². The predicted octanol–water partition coefficient (Wildman–Crippen LogP) is 2.85. The maximum absolute atomic E-state index is 13.0. The van der Waals surface area contributed by atoms with Gasteiger partial charge in [0.05, 0.1) is 5.56 Å². The standard InChI is InChI=1S/C9H6F3NO/c1-13-5-6-2-3-7(4-8(6)10)14-9(11)12/h2-4,9H,5H2. The van der Waals surface area contributed by atoms with Crippen LogP contribution in [0.15, 0.2) is 18.2 Å². The molecule has 0 spiro atoms. The van der Waals surface area contributed by atoms with Gasteiger partial charge in [-0.25, -0.2) is 11.0 Å². The smallest absolute Gasteiger partial charge is 0.387 e. The molecule has 0 aliphatic heterocycles. The molecule has 0 amide bonds. The molecule has 0 saturated carbocycles. The lowest BCUT2D eigenvalue weighted by molar-refractivity contribution is -0.0500. The van der Waals surface area contributed by atoms with E-state index in [0.717, 1.165) is 6.07 Å². The molecule has 0 radical (unpaired) electrons. The van der Waals surface area contributed by atoms with Gasteiger partial charge in [-0.15, -0.1) is 0 Å². The highest BCUT2D eigenvalue weighted by Crippen LogP contribution is 2.19. The van der Waals surface area contributed by atoms with E-state index in [1.54, 1.807) is 0 Å². The molecule has 0 heterocycles. The third-order valence-corrected chi connectivity index (χ3v) is 1.50. The monoisotopic (exact) mass is 201 g/mol. The number of hydrogen-bond donors (Lipinski definition) is 0. The van der Waals surface area contributed by atoms with Gasteiger partial charge in [0.15, 0.2) is 0 Å². The molecule has 0 aliphatic rings. The first-order chi connectivity index (χ1) is 6.63. The third-order valence-electron chi connectivity index (χ3n) is 1.50. The Morgan fingerprint density at radius 1 is 1.43 bits per heavy atom. The van der Waals surface area contributed by atoms with Crippen molar-refractivity contribution in [1.29, 1.82) is 0 Å². The summed E-state index contributed by atoms with van der Waals surface area (Å²) in [5.74, 6) is -0.953. The van der Waals surface area contributed by atoms with Crippen molar-refractivity contribution in [2.45, 2.75) is 13.2 Å². The first-order valence-corrected chi connectivity index (χ1v) is 3.70. The van der Waals surface area contributed by atoms with Crippen molar-refractivity contribution in [1.82, 2.24) is 0 Å². The molecule has 74 valence electrons. The summed E-state index contributed by atoms with van der Waals surface area (Å²) in [6.07, 6.45) is 0. The first-order valence-electron chi connectivity index (χ1n) is 3.70. The number of hydrogen-bond acceptors (Lipinski definition) is 1. The zero-order valence-corrected chi connectivity index (χ0v) is 7.01. The summed E-state index contributed by atoms with van der Waals surface area (Å²) in [5.41, 5.74) is 0.168. The fraction of sp³-hybridized carbons (Fsp3) is 0.222. The van der Waals surface area contributed by atoms with Crippen molar-refractivity contribution in [3.8, 4) is 5.75 Å². The lowest BCUT2D eigenvalue weighted by atomic mass is 10.2. The van der Waals surface area contributed by atoms with Gasteiger partial charge in [0, 0.05) is 6.07 Å². The van der Waals surface area contributed by atoms with Gasteiger partial charge in [0.2, 0.25) is 6.54 Å². The minimum atomic E-state index is -2.97. The van der Waals surface area contributed by atoms with Gasteiger partial charge in [-0.2, -0.15) is 8.78 Å². The van der Waals surface area contributed by atoms with E-state index in [9.17, 15) is 13.2 Å². The summed E-state index contributed by atoms with van der Waals surface area (Å²) in [5, 5.41) is 0. The number of ether oxygens (including phenoxy) is 1. The minimum absolute atomic E-state index is 0.110. The van der Waals surface area contributed by atoms with Crippen LogP contribution in [-0.2, 0) is 6.54 Å². The second-order valence-electron chi connectivity index (χ2n) is 2.45. The summed E-state index contributed by atoms with van der Waals surface area (Å²) < 4.78 is 40.4. The molecule has 1 rings (SSSR count). The number of halogens is 3. The van der Waals surface area contributed by atoms with Crippen LogP contribution in [0.4, 0.5) is 13.2 Å². The van der Waals surface area contributed by atoms with Gasteiger partial charge in [-0.05, 0) is 12.1 Å². The molecule has 1 aromatic rings. The van der Waals surface area contributed by atoms with Crippen molar-refractivity contribution in [3.05, 3.63) is 41.0 Å². The van der Waals surface area contributed by atoms with E-state index >= 15 is 0 Å². The van der Waals surface area contributed by atoms with Crippen LogP contribution in [0, 0.1) is 12.4 Å². The summed E-state index contributed by atoms with van der Waals surface area (Å²) in [7, 11) is 0. The molecule has 0 aliphatic carbocycles. The summed E-state index contributed by atoms with van der Waals surface area (Å²) in [6.45, 7) is 3.43. The molecule has 0 aromatic heterocycles. The first kappa shape index (κ1) is 10.4. The normalized spacial score (nSPS) is 9.93. The summed E-state index contributed by atoms with van der Waals surface area (Å²) in [4.78, 5) is 2.98. The highest BCUT2D eigenvalue weighted by atomic mass is 19.3. The third kappa shape index (κ3) is 2.66. The molecule has 0 saturated heterocycles. The maximum atomic E-state index is 13.0. The highest BCUT2D eigenvalue weighted by Gasteiger charge is 2.09. The van der Waals surface area contributed by atoms with E-state index in [1.807, 2.05) is 0 Å². The van der Waals surface area contributed by atoms with Crippen LogP contribution in [0.3, 0.4) is 0 Å². The molecular weight excluding hydrogens is 195 g/mol. The van der Waals surface area contributed by atoms with Gasteiger partial charge >= 0.3 is 6.61 Å². The predicted molar refractivity (Wildman–Crippen MR) is 43.3 cm³/mol. The number of rotatable bonds is 3. The van der Waals surface area contributed by atoms with Gasteiger partial charge in [-0.1, -0.05) is 0 Å². The van der Waals surface area contributed by atoms with Crippen molar-refractivity contribution in [2.24, 2.45) is 0 Å². The molecule has 5 heteroatoms. The summed E-state index contributed by atoms with van der Waals surface area (Å²) >= 11 is 0. The lowest BCUT2D eigenvalue weighted by Gasteiger charge is -2.04. The van der Waals surface area contributed by atoms with Crippen molar-refractivity contribution in [3.63, 3.8) is 0 Å². The summed E-state index contributed by atoms with van der Waals surface area (Å²) in [6, 6.07) is 3.30. The van der Waals surface area contributed by atoms with Gasteiger partial charge in [0.25, 0.3) is 0 Å². The highest BCUT2D eigenvalue weighted by molar-refractivity contribution is 5.29. The fourth-order valence-electron chi connectivity index (χ4n) is 0.918. The van der Waals surface area contributed by atoms with E-state index in [0.29, 0.717) is 0 Å². The Morgan fingerprint density at radius 2 is 2.14 bits per heavy atom. The number of nitrogens with zero attached hydrogens (tertiary/aromatic N) is 1. The molecule has 1 aromatic carbocycles. The molecule has 0 atom stereocenters. The maximum Gasteiger partial charge on any atom is 0.387 e. The lowest BCUT2D eigenvalue weighted by Crippen LogP contribution is -2.02. The molecular formula is C9H6F3NO. The number of alkyl halides is 2. The average molecular weight is 201 g/mol. The van der Waals surface area contributed by atoms with Gasteiger partial charge in [0.1, 0.15) is 11.6 Å². The van der Waals surface area contributed by atoms with E-state index in [2.05, 4.69) is 9.58 Å². The second kappa shape index (κ2) is 4.51. The topological polar surface area (TPSA) is 13.6 Å². The molecule has 2 nitrogen and oxygen atoms in total. The van der Waals surface area contributed by atoms with Crippen molar-refractivity contribution >= 4 is 0 Å². The zero-order valence-electron chi connectivity index (χ0n) is 7.01. The Balaban J connectivity index is 2.84. The molecule has 0 bridgehead atoms. The van der Waals surface area contributed by atoms with Crippen LogP contribution in [0.25, 0.3) is 4.85 Å². The van der Waals surface area contributed by atoms with Crippen LogP contribution in [0.2, 0.25) is 0 Å². The number of benzene rings is 1. The van der Waals surface area contributed by atoms with Crippen LogP contribution >= 0.6 is 0 Å². The Hall–Kier alpha value is -1.70. The van der Waals surface area contributed by atoms with Crippen LogP contribution < -0.4 is 4.74 Å². The van der Waals surface area contributed by atoms with Gasteiger partial charge in [-0.3, -0.25) is 0 Å².